The fourth-order valence-corrected chi connectivity index (χ4v) is 2.73. The second-order valence-corrected chi connectivity index (χ2v) is 5.92. The quantitative estimate of drug-likeness (QED) is 0.818. The summed E-state index contributed by atoms with van der Waals surface area (Å²) in [7, 11) is 0. The summed E-state index contributed by atoms with van der Waals surface area (Å²) in [5.74, 6) is 0.817. The van der Waals surface area contributed by atoms with Crippen LogP contribution in [-0.4, -0.2) is 9.78 Å². The van der Waals surface area contributed by atoms with Gasteiger partial charge in [-0.1, -0.05) is 29.8 Å². The van der Waals surface area contributed by atoms with Crippen molar-refractivity contribution >= 4 is 15.9 Å². The minimum absolute atomic E-state index is 0.455. The van der Waals surface area contributed by atoms with E-state index >= 15 is 0 Å². The SMILES string of the molecule is CCC(CC)n1ccc(COc2ccc(Br)cc2CN)n1. The molecule has 0 fully saturated rings. The van der Waals surface area contributed by atoms with E-state index in [2.05, 4.69) is 34.9 Å². The van der Waals surface area contributed by atoms with Gasteiger partial charge >= 0.3 is 0 Å². The molecule has 0 bridgehead atoms. The monoisotopic (exact) mass is 351 g/mol. The molecule has 0 aliphatic carbocycles. The van der Waals surface area contributed by atoms with Gasteiger partial charge in [-0.25, -0.2) is 0 Å². The molecule has 0 aliphatic rings. The van der Waals surface area contributed by atoms with E-state index in [-0.39, 0.29) is 0 Å². The van der Waals surface area contributed by atoms with Gasteiger partial charge in [0.25, 0.3) is 0 Å². The van der Waals surface area contributed by atoms with E-state index in [1.165, 1.54) is 0 Å². The first-order valence-corrected chi connectivity index (χ1v) is 8.12. The van der Waals surface area contributed by atoms with Crippen LogP contribution in [0, 0.1) is 0 Å². The molecule has 0 saturated carbocycles. The number of ether oxygens (including phenoxy) is 1. The first kappa shape index (κ1) is 16.0. The van der Waals surface area contributed by atoms with E-state index in [4.69, 9.17) is 10.5 Å². The largest absolute Gasteiger partial charge is 0.487 e. The number of hydrogen-bond acceptors (Lipinski definition) is 3. The second kappa shape index (κ2) is 7.61. The Balaban J connectivity index is 2.03. The summed E-state index contributed by atoms with van der Waals surface area (Å²) in [4.78, 5) is 0. The number of nitrogens with two attached hydrogens (primary N) is 1. The third-order valence-electron chi connectivity index (χ3n) is 3.60. The van der Waals surface area contributed by atoms with E-state index in [0.717, 1.165) is 34.3 Å². The summed E-state index contributed by atoms with van der Waals surface area (Å²) >= 11 is 3.44. The maximum Gasteiger partial charge on any atom is 0.132 e. The normalized spacial score (nSPS) is 11.1. The Hall–Kier alpha value is -1.33. The topological polar surface area (TPSA) is 53.1 Å². The maximum absolute atomic E-state index is 5.85. The van der Waals surface area contributed by atoms with Gasteiger partial charge in [-0.2, -0.15) is 5.10 Å². The molecular formula is C16H22BrN3O. The van der Waals surface area contributed by atoms with Gasteiger partial charge in [0, 0.05) is 22.8 Å². The lowest BCUT2D eigenvalue weighted by molar-refractivity contribution is 0.294. The maximum atomic E-state index is 5.85. The van der Waals surface area contributed by atoms with Gasteiger partial charge < -0.3 is 10.5 Å². The molecule has 2 aromatic rings. The molecule has 21 heavy (non-hydrogen) atoms. The minimum Gasteiger partial charge on any atom is -0.487 e. The number of rotatable bonds is 7. The van der Waals surface area contributed by atoms with Crippen molar-refractivity contribution in [1.29, 1.82) is 0 Å². The Labute approximate surface area is 134 Å². The van der Waals surface area contributed by atoms with E-state index in [1.807, 2.05) is 35.1 Å². The second-order valence-electron chi connectivity index (χ2n) is 5.00. The third-order valence-corrected chi connectivity index (χ3v) is 4.09. The number of halogens is 1. The molecule has 1 aromatic carbocycles. The molecule has 0 unspecified atom stereocenters. The van der Waals surface area contributed by atoms with Crippen LogP contribution < -0.4 is 10.5 Å². The van der Waals surface area contributed by atoms with E-state index in [0.29, 0.717) is 19.2 Å². The van der Waals surface area contributed by atoms with Crippen molar-refractivity contribution < 1.29 is 4.74 Å². The van der Waals surface area contributed by atoms with Crippen molar-refractivity contribution in [3.63, 3.8) is 0 Å². The predicted octanol–water partition coefficient (Wildman–Crippen LogP) is 4.04. The van der Waals surface area contributed by atoms with Crippen LogP contribution in [0.15, 0.2) is 34.9 Å². The first-order valence-electron chi connectivity index (χ1n) is 7.33. The van der Waals surface area contributed by atoms with E-state index in [1.54, 1.807) is 0 Å². The number of benzene rings is 1. The highest BCUT2D eigenvalue weighted by atomic mass is 79.9. The van der Waals surface area contributed by atoms with Crippen LogP contribution in [-0.2, 0) is 13.2 Å². The average molecular weight is 352 g/mol. The van der Waals surface area contributed by atoms with Crippen molar-refractivity contribution in [1.82, 2.24) is 9.78 Å². The van der Waals surface area contributed by atoms with E-state index in [9.17, 15) is 0 Å². The van der Waals surface area contributed by atoms with Crippen molar-refractivity contribution in [3.8, 4) is 5.75 Å². The Morgan fingerprint density at radius 1 is 1.29 bits per heavy atom. The average Bonchev–Trinajstić information content (AvgIpc) is 2.96. The number of nitrogens with zero attached hydrogens (tertiary/aromatic N) is 2. The summed E-state index contributed by atoms with van der Waals surface area (Å²) in [5.41, 5.74) is 7.68. The molecule has 1 heterocycles. The lowest BCUT2D eigenvalue weighted by Crippen LogP contribution is -2.09. The zero-order chi connectivity index (χ0) is 15.2. The molecule has 0 saturated heterocycles. The summed E-state index contributed by atoms with van der Waals surface area (Å²) < 4.78 is 8.89. The molecule has 0 atom stereocenters. The fraction of sp³-hybridized carbons (Fsp3) is 0.438. The van der Waals surface area contributed by atoms with Gasteiger partial charge in [-0.15, -0.1) is 0 Å². The van der Waals surface area contributed by atoms with Crippen LogP contribution in [0.3, 0.4) is 0 Å². The van der Waals surface area contributed by atoms with Crippen molar-refractivity contribution in [2.24, 2.45) is 5.73 Å². The van der Waals surface area contributed by atoms with Gasteiger partial charge in [0.15, 0.2) is 0 Å². The van der Waals surface area contributed by atoms with Gasteiger partial charge in [0.2, 0.25) is 0 Å². The fourth-order valence-electron chi connectivity index (χ4n) is 2.32. The van der Waals surface area contributed by atoms with Crippen LogP contribution in [0.25, 0.3) is 0 Å². The molecule has 4 nitrogen and oxygen atoms in total. The van der Waals surface area contributed by atoms with Gasteiger partial charge in [0.05, 0.1) is 11.7 Å². The van der Waals surface area contributed by atoms with Crippen LogP contribution >= 0.6 is 15.9 Å². The molecule has 5 heteroatoms. The molecule has 0 aliphatic heterocycles. The molecule has 2 rings (SSSR count). The zero-order valence-corrected chi connectivity index (χ0v) is 14.1. The van der Waals surface area contributed by atoms with Gasteiger partial charge in [-0.05, 0) is 37.1 Å². The van der Waals surface area contributed by atoms with Crippen molar-refractivity contribution in [2.75, 3.05) is 0 Å². The number of hydrogen-bond donors (Lipinski definition) is 1. The van der Waals surface area contributed by atoms with Crippen LogP contribution in [0.1, 0.15) is 44.0 Å². The number of aromatic nitrogens is 2. The van der Waals surface area contributed by atoms with Crippen molar-refractivity contribution in [2.45, 2.75) is 45.9 Å². The zero-order valence-electron chi connectivity index (χ0n) is 12.6. The molecule has 0 spiro atoms. The highest BCUT2D eigenvalue weighted by molar-refractivity contribution is 9.10. The molecule has 0 amide bonds. The van der Waals surface area contributed by atoms with E-state index < -0.39 is 0 Å². The molecular weight excluding hydrogens is 330 g/mol. The first-order chi connectivity index (χ1) is 10.2. The molecule has 0 radical (unpaired) electrons. The lowest BCUT2D eigenvalue weighted by atomic mass is 10.2. The Kier molecular flexibility index (Phi) is 5.82. The minimum atomic E-state index is 0.455. The standard InChI is InChI=1S/C16H22BrN3O/c1-3-15(4-2)20-8-7-14(19-20)11-21-16-6-5-13(17)9-12(16)10-18/h5-9,15H,3-4,10-11,18H2,1-2H3. The van der Waals surface area contributed by atoms with Gasteiger partial charge in [0.1, 0.15) is 12.4 Å². The summed E-state index contributed by atoms with van der Waals surface area (Å²) in [6, 6.07) is 8.35. The van der Waals surface area contributed by atoms with Crippen LogP contribution in [0.4, 0.5) is 0 Å². The summed E-state index contributed by atoms with van der Waals surface area (Å²) in [6.07, 6.45) is 4.20. The molecule has 2 N–H and O–H groups in total. The predicted molar refractivity (Wildman–Crippen MR) is 88.2 cm³/mol. The smallest absolute Gasteiger partial charge is 0.132 e. The Bertz CT molecular complexity index is 579. The summed E-state index contributed by atoms with van der Waals surface area (Å²) in [6.45, 7) is 5.28. The highest BCUT2D eigenvalue weighted by Gasteiger charge is 2.09. The van der Waals surface area contributed by atoms with Crippen LogP contribution in [0.2, 0.25) is 0 Å². The van der Waals surface area contributed by atoms with Crippen molar-refractivity contribution in [3.05, 3.63) is 46.2 Å². The third kappa shape index (κ3) is 4.08. The highest BCUT2D eigenvalue weighted by Crippen LogP contribution is 2.23. The van der Waals surface area contributed by atoms with Gasteiger partial charge in [-0.3, -0.25) is 4.68 Å². The summed E-state index contributed by atoms with van der Waals surface area (Å²) in [5, 5.41) is 4.59. The van der Waals surface area contributed by atoms with Crippen LogP contribution in [0.5, 0.6) is 5.75 Å². The Morgan fingerprint density at radius 3 is 2.71 bits per heavy atom. The molecule has 1 aromatic heterocycles. The lowest BCUT2D eigenvalue weighted by Gasteiger charge is -2.13. The Morgan fingerprint density at radius 2 is 2.05 bits per heavy atom. The molecule has 114 valence electrons.